The molecule has 2 amide bonds. The van der Waals surface area contributed by atoms with Crippen molar-refractivity contribution in [1.29, 1.82) is 0 Å². The first-order chi connectivity index (χ1) is 10.4. The molecule has 1 rings (SSSR count). The third-order valence-corrected chi connectivity index (χ3v) is 2.32. The molecular formula is C14H23N5O3. The number of amides is 2. The summed E-state index contributed by atoms with van der Waals surface area (Å²) in [7, 11) is 0. The average Bonchev–Trinajstić information content (AvgIpc) is 2.43. The number of nitrogens with zero attached hydrogens (tertiary/aromatic N) is 2. The summed E-state index contributed by atoms with van der Waals surface area (Å²) in [6.07, 6.45) is 3.05. The van der Waals surface area contributed by atoms with Crippen LogP contribution in [0.4, 0.5) is 10.7 Å². The fourth-order valence-corrected chi connectivity index (χ4v) is 1.45. The molecule has 0 aromatic carbocycles. The molecule has 0 radical (unpaired) electrons. The molecule has 8 nitrogen and oxygen atoms in total. The zero-order chi connectivity index (χ0) is 16.4. The van der Waals surface area contributed by atoms with Gasteiger partial charge in [0.15, 0.2) is 0 Å². The molecule has 0 saturated carbocycles. The smallest absolute Gasteiger partial charge is 0.407 e. The Morgan fingerprint density at radius 1 is 1.09 bits per heavy atom. The van der Waals surface area contributed by atoms with E-state index in [1.165, 1.54) is 0 Å². The summed E-state index contributed by atoms with van der Waals surface area (Å²) in [4.78, 5) is 30.9. The average molecular weight is 309 g/mol. The van der Waals surface area contributed by atoms with E-state index in [4.69, 9.17) is 4.74 Å². The van der Waals surface area contributed by atoms with Gasteiger partial charge in [-0.3, -0.25) is 4.79 Å². The number of hydrogen-bond donors (Lipinski definition) is 3. The molecule has 1 aromatic rings. The summed E-state index contributed by atoms with van der Waals surface area (Å²) in [5.41, 5.74) is -0.529. The summed E-state index contributed by atoms with van der Waals surface area (Å²) in [5, 5.41) is 8.20. The van der Waals surface area contributed by atoms with Gasteiger partial charge in [0.1, 0.15) is 5.60 Å². The lowest BCUT2D eigenvalue weighted by Gasteiger charge is -2.19. The maximum absolute atomic E-state index is 11.6. The van der Waals surface area contributed by atoms with E-state index in [0.717, 1.165) is 0 Å². The minimum Gasteiger partial charge on any atom is -0.444 e. The second-order valence-corrected chi connectivity index (χ2v) is 5.53. The lowest BCUT2D eigenvalue weighted by molar-refractivity contribution is -0.120. The molecule has 0 fully saturated rings. The molecule has 122 valence electrons. The molecule has 0 saturated heterocycles. The number of nitrogens with one attached hydrogen (secondary N) is 3. The van der Waals surface area contributed by atoms with Crippen LogP contribution in [0.15, 0.2) is 18.5 Å². The van der Waals surface area contributed by atoms with E-state index in [0.29, 0.717) is 32.0 Å². The van der Waals surface area contributed by atoms with Crippen LogP contribution in [0.5, 0.6) is 0 Å². The van der Waals surface area contributed by atoms with Crippen LogP contribution in [0.1, 0.15) is 27.2 Å². The molecule has 0 bridgehead atoms. The van der Waals surface area contributed by atoms with E-state index < -0.39 is 11.7 Å². The highest BCUT2D eigenvalue weighted by atomic mass is 16.6. The zero-order valence-electron chi connectivity index (χ0n) is 13.2. The molecule has 0 spiro atoms. The van der Waals surface area contributed by atoms with Crippen molar-refractivity contribution in [2.45, 2.75) is 32.8 Å². The number of hydrogen-bond acceptors (Lipinski definition) is 6. The maximum Gasteiger partial charge on any atom is 0.407 e. The highest BCUT2D eigenvalue weighted by molar-refractivity contribution is 5.76. The van der Waals surface area contributed by atoms with Gasteiger partial charge >= 0.3 is 6.09 Å². The Labute approximate surface area is 130 Å². The maximum atomic E-state index is 11.6. The largest absolute Gasteiger partial charge is 0.444 e. The summed E-state index contributed by atoms with van der Waals surface area (Å²) in [6.45, 7) is 6.47. The van der Waals surface area contributed by atoms with Crippen LogP contribution < -0.4 is 16.0 Å². The van der Waals surface area contributed by atoms with Crippen LogP contribution in [-0.4, -0.2) is 47.2 Å². The van der Waals surface area contributed by atoms with Crippen LogP contribution in [0.2, 0.25) is 0 Å². The summed E-state index contributed by atoms with van der Waals surface area (Å²) >= 11 is 0. The standard InChI is InChI=1S/C14H23N5O3/c1-14(2,3)22-13(21)19-10-9-15-11(20)5-8-18-12-16-6-4-7-17-12/h4,6-7H,5,8-10H2,1-3H3,(H,15,20)(H,19,21)(H,16,17,18). The fourth-order valence-electron chi connectivity index (χ4n) is 1.45. The van der Waals surface area contributed by atoms with E-state index in [1.54, 1.807) is 39.2 Å². The third-order valence-electron chi connectivity index (χ3n) is 2.32. The highest BCUT2D eigenvalue weighted by Gasteiger charge is 2.15. The van der Waals surface area contributed by atoms with Crippen molar-refractivity contribution in [2.75, 3.05) is 25.0 Å². The molecule has 22 heavy (non-hydrogen) atoms. The van der Waals surface area contributed by atoms with E-state index in [1.807, 2.05) is 0 Å². The van der Waals surface area contributed by atoms with Crippen molar-refractivity contribution < 1.29 is 14.3 Å². The van der Waals surface area contributed by atoms with E-state index in [-0.39, 0.29) is 5.91 Å². The van der Waals surface area contributed by atoms with Gasteiger partial charge in [-0.05, 0) is 26.8 Å². The number of rotatable bonds is 7. The van der Waals surface area contributed by atoms with Crippen LogP contribution in [-0.2, 0) is 9.53 Å². The van der Waals surface area contributed by atoms with Crippen LogP contribution in [0, 0.1) is 0 Å². The van der Waals surface area contributed by atoms with Gasteiger partial charge in [-0.25, -0.2) is 14.8 Å². The molecule has 0 aliphatic heterocycles. The monoisotopic (exact) mass is 309 g/mol. The Morgan fingerprint density at radius 2 is 1.73 bits per heavy atom. The van der Waals surface area contributed by atoms with Gasteiger partial charge in [-0.15, -0.1) is 0 Å². The Balaban J connectivity index is 2.05. The molecule has 0 aliphatic carbocycles. The van der Waals surface area contributed by atoms with E-state index in [9.17, 15) is 9.59 Å². The van der Waals surface area contributed by atoms with Gasteiger partial charge in [0.2, 0.25) is 11.9 Å². The Hall–Kier alpha value is -2.38. The number of aromatic nitrogens is 2. The van der Waals surface area contributed by atoms with E-state index >= 15 is 0 Å². The molecular weight excluding hydrogens is 286 g/mol. The van der Waals surface area contributed by atoms with Crippen molar-refractivity contribution in [3.05, 3.63) is 18.5 Å². The molecule has 8 heteroatoms. The predicted molar refractivity (Wildman–Crippen MR) is 82.4 cm³/mol. The SMILES string of the molecule is CC(C)(C)OC(=O)NCCNC(=O)CCNc1ncccn1. The normalized spacial score (nSPS) is 10.7. The summed E-state index contributed by atoms with van der Waals surface area (Å²) in [6, 6.07) is 1.72. The zero-order valence-corrected chi connectivity index (χ0v) is 13.2. The van der Waals surface area contributed by atoms with Gasteiger partial charge < -0.3 is 20.7 Å². The topological polar surface area (TPSA) is 105 Å². The number of ether oxygens (including phenoxy) is 1. The molecule has 1 heterocycles. The molecule has 3 N–H and O–H groups in total. The number of anilines is 1. The van der Waals surface area contributed by atoms with Crippen molar-refractivity contribution in [3.8, 4) is 0 Å². The van der Waals surface area contributed by atoms with Crippen molar-refractivity contribution in [2.24, 2.45) is 0 Å². The van der Waals surface area contributed by atoms with Crippen LogP contribution in [0.25, 0.3) is 0 Å². The molecule has 1 aromatic heterocycles. The highest BCUT2D eigenvalue weighted by Crippen LogP contribution is 2.05. The van der Waals surface area contributed by atoms with Crippen molar-refractivity contribution >= 4 is 17.9 Å². The van der Waals surface area contributed by atoms with Gasteiger partial charge in [-0.1, -0.05) is 0 Å². The lowest BCUT2D eigenvalue weighted by atomic mass is 10.2. The minimum absolute atomic E-state index is 0.116. The first-order valence-electron chi connectivity index (χ1n) is 7.11. The molecule has 0 atom stereocenters. The second-order valence-electron chi connectivity index (χ2n) is 5.53. The summed E-state index contributed by atoms with van der Waals surface area (Å²) in [5.74, 6) is 0.372. The fraction of sp³-hybridized carbons (Fsp3) is 0.571. The number of carbonyl (C=O) groups is 2. The Morgan fingerprint density at radius 3 is 2.36 bits per heavy atom. The van der Waals surface area contributed by atoms with Crippen molar-refractivity contribution in [1.82, 2.24) is 20.6 Å². The van der Waals surface area contributed by atoms with Gasteiger partial charge in [0.25, 0.3) is 0 Å². The molecule has 0 unspecified atom stereocenters. The Kier molecular flexibility index (Phi) is 7.07. The predicted octanol–water partition coefficient (Wildman–Crippen LogP) is 0.919. The summed E-state index contributed by atoms with van der Waals surface area (Å²) < 4.78 is 5.07. The van der Waals surface area contributed by atoms with Gasteiger partial charge in [0.05, 0.1) is 0 Å². The Bertz CT molecular complexity index is 473. The first-order valence-corrected chi connectivity index (χ1v) is 7.11. The van der Waals surface area contributed by atoms with Gasteiger partial charge in [-0.2, -0.15) is 0 Å². The van der Waals surface area contributed by atoms with Crippen molar-refractivity contribution in [3.63, 3.8) is 0 Å². The van der Waals surface area contributed by atoms with Gasteiger partial charge in [0, 0.05) is 38.4 Å². The quantitative estimate of drug-likeness (QED) is 0.647. The second kappa shape index (κ2) is 8.81. The number of alkyl carbamates (subject to hydrolysis) is 1. The number of carbonyl (C=O) groups excluding carboxylic acids is 2. The molecule has 0 aliphatic rings. The van der Waals surface area contributed by atoms with Crippen LogP contribution in [0.3, 0.4) is 0 Å². The van der Waals surface area contributed by atoms with E-state index in [2.05, 4.69) is 25.9 Å². The third kappa shape index (κ3) is 8.72. The first kappa shape index (κ1) is 17.7. The lowest BCUT2D eigenvalue weighted by Crippen LogP contribution is -2.38. The minimum atomic E-state index is -0.529. The van der Waals surface area contributed by atoms with Crippen LogP contribution >= 0.6 is 0 Å².